The first-order valence-electron chi connectivity index (χ1n) is 4.94. The Bertz CT molecular complexity index is 350. The fourth-order valence-electron chi connectivity index (χ4n) is 1.56. The van der Waals surface area contributed by atoms with Crippen LogP contribution in [0.2, 0.25) is 5.15 Å². The van der Waals surface area contributed by atoms with Crippen molar-refractivity contribution in [2.24, 2.45) is 0 Å². The summed E-state index contributed by atoms with van der Waals surface area (Å²) in [4.78, 5) is 8.84. The molecule has 1 heterocycles. The van der Waals surface area contributed by atoms with Gasteiger partial charge in [0.2, 0.25) is 0 Å². The Morgan fingerprint density at radius 3 is 2.64 bits per heavy atom. The van der Waals surface area contributed by atoms with Crippen molar-refractivity contribution in [2.45, 2.75) is 38.5 Å². The molecule has 0 radical (unpaired) electrons. The molecule has 0 amide bonds. The summed E-state index contributed by atoms with van der Waals surface area (Å²) in [6.07, 6.45) is 4.61. The molecule has 1 aliphatic carbocycles. The molecule has 0 unspecified atom stereocenters. The number of aryl methyl sites for hydroxylation is 1. The lowest BCUT2D eigenvalue weighted by Crippen LogP contribution is -2.14. The first-order valence-corrected chi connectivity index (χ1v) is 6.11. The van der Waals surface area contributed by atoms with Crippen molar-refractivity contribution in [2.75, 3.05) is 0 Å². The van der Waals surface area contributed by atoms with Crippen LogP contribution in [0.5, 0.6) is 0 Å². The minimum Gasteiger partial charge on any atom is -0.236 e. The maximum absolute atomic E-state index is 6.02. The van der Waals surface area contributed by atoms with Crippen molar-refractivity contribution in [1.29, 1.82) is 0 Å². The lowest BCUT2D eigenvalue weighted by atomic mass is 9.85. The third-order valence-corrected chi connectivity index (χ3v) is 4.04. The Morgan fingerprint density at radius 1 is 1.43 bits per heavy atom. The van der Waals surface area contributed by atoms with E-state index in [1.54, 1.807) is 0 Å². The van der Waals surface area contributed by atoms with Crippen LogP contribution in [0, 0.1) is 0 Å². The van der Waals surface area contributed by atoms with E-state index >= 15 is 0 Å². The van der Waals surface area contributed by atoms with Crippen molar-refractivity contribution in [3.05, 3.63) is 21.1 Å². The van der Waals surface area contributed by atoms with Gasteiger partial charge in [-0.2, -0.15) is 0 Å². The highest BCUT2D eigenvalue weighted by Gasteiger charge is 2.23. The van der Waals surface area contributed by atoms with Gasteiger partial charge in [0.15, 0.2) is 0 Å². The molecule has 0 saturated heterocycles. The molecule has 0 aromatic carbocycles. The van der Waals surface area contributed by atoms with Gasteiger partial charge in [0.05, 0.1) is 10.2 Å². The van der Waals surface area contributed by atoms with Gasteiger partial charge >= 0.3 is 0 Å². The molecule has 1 aromatic rings. The van der Waals surface area contributed by atoms with Crippen molar-refractivity contribution in [3.63, 3.8) is 0 Å². The van der Waals surface area contributed by atoms with Crippen LogP contribution in [-0.2, 0) is 6.42 Å². The second kappa shape index (κ2) is 4.15. The van der Waals surface area contributed by atoms with Crippen LogP contribution < -0.4 is 0 Å². The van der Waals surface area contributed by atoms with Crippen LogP contribution in [0.15, 0.2) is 4.47 Å². The molecule has 0 atom stereocenters. The summed E-state index contributed by atoms with van der Waals surface area (Å²) in [6.45, 7) is 2.08. The van der Waals surface area contributed by atoms with Crippen LogP contribution in [0.25, 0.3) is 0 Å². The molecule has 1 saturated carbocycles. The minimum absolute atomic E-state index is 0.547. The SMILES string of the molecule is CCc1nc(C2CCC2)nc(Cl)c1Br. The zero-order valence-electron chi connectivity index (χ0n) is 8.06. The van der Waals surface area contributed by atoms with Crippen LogP contribution in [0.1, 0.15) is 43.6 Å². The third-order valence-electron chi connectivity index (χ3n) is 2.70. The molecule has 14 heavy (non-hydrogen) atoms. The van der Waals surface area contributed by atoms with E-state index in [1.165, 1.54) is 19.3 Å². The second-order valence-corrected chi connectivity index (χ2v) is 4.77. The number of rotatable bonds is 2. The quantitative estimate of drug-likeness (QED) is 0.769. The number of nitrogens with zero attached hydrogens (tertiary/aromatic N) is 2. The highest BCUT2D eigenvalue weighted by Crippen LogP contribution is 2.36. The highest BCUT2D eigenvalue weighted by atomic mass is 79.9. The summed E-state index contributed by atoms with van der Waals surface area (Å²) < 4.78 is 0.852. The summed E-state index contributed by atoms with van der Waals surface area (Å²) in [5.41, 5.74) is 1.02. The van der Waals surface area contributed by atoms with Gasteiger partial charge < -0.3 is 0 Å². The number of halogens is 2. The normalized spacial score (nSPS) is 16.8. The zero-order valence-corrected chi connectivity index (χ0v) is 10.4. The van der Waals surface area contributed by atoms with E-state index in [4.69, 9.17) is 11.6 Å². The molecular weight excluding hydrogens is 263 g/mol. The lowest BCUT2D eigenvalue weighted by molar-refractivity contribution is 0.400. The number of hydrogen-bond donors (Lipinski definition) is 0. The van der Waals surface area contributed by atoms with Gasteiger partial charge in [-0.05, 0) is 35.2 Å². The van der Waals surface area contributed by atoms with Gasteiger partial charge in [-0.3, -0.25) is 0 Å². The largest absolute Gasteiger partial charge is 0.236 e. The van der Waals surface area contributed by atoms with E-state index in [0.29, 0.717) is 11.1 Å². The molecule has 76 valence electrons. The van der Waals surface area contributed by atoms with Gasteiger partial charge in [0.25, 0.3) is 0 Å². The van der Waals surface area contributed by atoms with Crippen LogP contribution in [0.4, 0.5) is 0 Å². The lowest BCUT2D eigenvalue weighted by Gasteiger charge is -2.24. The van der Waals surface area contributed by atoms with Crippen molar-refractivity contribution in [3.8, 4) is 0 Å². The van der Waals surface area contributed by atoms with E-state index in [-0.39, 0.29) is 0 Å². The average Bonchev–Trinajstić information content (AvgIpc) is 2.08. The van der Waals surface area contributed by atoms with E-state index in [9.17, 15) is 0 Å². The van der Waals surface area contributed by atoms with Gasteiger partial charge in [-0.25, -0.2) is 9.97 Å². The predicted molar refractivity (Wildman–Crippen MR) is 60.7 cm³/mol. The number of hydrogen-bond acceptors (Lipinski definition) is 2. The predicted octanol–water partition coefficient (Wildman–Crippen LogP) is 3.72. The summed E-state index contributed by atoms with van der Waals surface area (Å²) in [5, 5.41) is 0.554. The fraction of sp³-hybridized carbons (Fsp3) is 0.600. The van der Waals surface area contributed by atoms with E-state index < -0.39 is 0 Å². The van der Waals surface area contributed by atoms with Crippen molar-refractivity contribution in [1.82, 2.24) is 9.97 Å². The monoisotopic (exact) mass is 274 g/mol. The molecule has 1 aliphatic rings. The molecule has 0 N–H and O–H groups in total. The Kier molecular flexibility index (Phi) is 3.07. The molecule has 0 aliphatic heterocycles. The zero-order chi connectivity index (χ0) is 10.1. The molecule has 2 rings (SSSR count). The maximum Gasteiger partial charge on any atom is 0.147 e. The molecular formula is C10H12BrClN2. The first-order chi connectivity index (χ1) is 6.72. The smallest absolute Gasteiger partial charge is 0.147 e. The van der Waals surface area contributed by atoms with E-state index in [0.717, 1.165) is 22.4 Å². The van der Waals surface area contributed by atoms with Gasteiger partial charge in [-0.15, -0.1) is 0 Å². The first kappa shape index (κ1) is 10.4. The highest BCUT2D eigenvalue weighted by molar-refractivity contribution is 9.10. The summed E-state index contributed by atoms with van der Waals surface area (Å²) in [5.74, 6) is 1.48. The summed E-state index contributed by atoms with van der Waals surface area (Å²) in [6, 6.07) is 0. The molecule has 1 fully saturated rings. The number of aromatic nitrogens is 2. The maximum atomic E-state index is 6.02. The van der Waals surface area contributed by atoms with Crippen LogP contribution in [0.3, 0.4) is 0 Å². The van der Waals surface area contributed by atoms with Crippen LogP contribution in [-0.4, -0.2) is 9.97 Å². The summed E-state index contributed by atoms with van der Waals surface area (Å²) in [7, 11) is 0. The summed E-state index contributed by atoms with van der Waals surface area (Å²) >= 11 is 9.43. The minimum atomic E-state index is 0.547. The van der Waals surface area contributed by atoms with Crippen LogP contribution >= 0.6 is 27.5 Å². The Labute approximate surface area is 97.2 Å². The fourth-order valence-corrected chi connectivity index (χ4v) is 2.22. The van der Waals surface area contributed by atoms with Crippen molar-refractivity contribution < 1.29 is 0 Å². The van der Waals surface area contributed by atoms with Gasteiger partial charge in [0.1, 0.15) is 11.0 Å². The van der Waals surface area contributed by atoms with E-state index in [2.05, 4.69) is 32.8 Å². The molecule has 1 aromatic heterocycles. The van der Waals surface area contributed by atoms with Gasteiger partial charge in [0, 0.05) is 5.92 Å². The van der Waals surface area contributed by atoms with Crippen molar-refractivity contribution >= 4 is 27.5 Å². The molecule has 2 nitrogen and oxygen atoms in total. The standard InChI is InChI=1S/C10H12BrClN2/c1-2-7-8(11)9(12)14-10(13-7)6-4-3-5-6/h6H,2-5H2,1H3. The Morgan fingerprint density at radius 2 is 2.14 bits per heavy atom. The Balaban J connectivity index is 2.37. The Hall–Kier alpha value is -0.150. The van der Waals surface area contributed by atoms with Gasteiger partial charge in [-0.1, -0.05) is 24.9 Å². The second-order valence-electron chi connectivity index (χ2n) is 3.61. The molecule has 0 bridgehead atoms. The molecule has 4 heteroatoms. The average molecular weight is 276 g/mol. The van der Waals surface area contributed by atoms with E-state index in [1.807, 2.05) is 0 Å². The topological polar surface area (TPSA) is 25.8 Å². The molecule has 0 spiro atoms. The third kappa shape index (κ3) is 1.80.